The standard InChI is InChI=1S/C14H19F3N2/c1-10-5-13-6-11(7-18-2)3-4-12(13)8-19(10)9-14(15,16)17/h3-4,6,10,18H,5,7-9H2,1-2H3. The molecule has 2 nitrogen and oxygen atoms in total. The number of nitrogens with zero attached hydrogens (tertiary/aromatic N) is 1. The van der Waals surface area contributed by atoms with Crippen molar-refractivity contribution in [2.24, 2.45) is 0 Å². The summed E-state index contributed by atoms with van der Waals surface area (Å²) in [7, 11) is 1.88. The highest BCUT2D eigenvalue weighted by Gasteiger charge is 2.34. The van der Waals surface area contributed by atoms with Crippen LogP contribution in [-0.4, -0.2) is 30.7 Å². The van der Waals surface area contributed by atoms with E-state index in [9.17, 15) is 13.2 Å². The van der Waals surface area contributed by atoms with Crippen LogP contribution in [0.4, 0.5) is 13.2 Å². The van der Waals surface area contributed by atoms with Gasteiger partial charge in [0.1, 0.15) is 0 Å². The molecule has 0 saturated carbocycles. The highest BCUT2D eigenvalue weighted by molar-refractivity contribution is 5.34. The van der Waals surface area contributed by atoms with Gasteiger partial charge in [0.2, 0.25) is 0 Å². The molecule has 1 N–H and O–H groups in total. The molecular weight excluding hydrogens is 253 g/mol. The Bertz CT molecular complexity index is 443. The van der Waals surface area contributed by atoms with Crippen molar-refractivity contribution in [3.05, 3.63) is 34.9 Å². The molecule has 0 spiro atoms. The predicted molar refractivity (Wildman–Crippen MR) is 68.8 cm³/mol. The first-order valence-electron chi connectivity index (χ1n) is 6.45. The third kappa shape index (κ3) is 3.70. The van der Waals surface area contributed by atoms with E-state index < -0.39 is 12.7 Å². The van der Waals surface area contributed by atoms with Gasteiger partial charge in [0.15, 0.2) is 0 Å². The van der Waals surface area contributed by atoms with Crippen LogP contribution in [0, 0.1) is 0 Å². The molecule has 1 heterocycles. The minimum Gasteiger partial charge on any atom is -0.316 e. The van der Waals surface area contributed by atoms with E-state index in [0.717, 1.165) is 12.1 Å². The minimum atomic E-state index is -4.13. The topological polar surface area (TPSA) is 15.3 Å². The minimum absolute atomic E-state index is 0.0704. The predicted octanol–water partition coefficient (Wildman–Crippen LogP) is 2.71. The molecule has 2 rings (SSSR count). The van der Waals surface area contributed by atoms with Gasteiger partial charge in [0.05, 0.1) is 6.54 Å². The summed E-state index contributed by atoms with van der Waals surface area (Å²) in [4.78, 5) is 1.50. The third-order valence-electron chi connectivity index (χ3n) is 3.55. The van der Waals surface area contributed by atoms with Gasteiger partial charge in [-0.1, -0.05) is 18.2 Å². The van der Waals surface area contributed by atoms with Crippen molar-refractivity contribution < 1.29 is 13.2 Å². The second-order valence-corrected chi connectivity index (χ2v) is 5.21. The van der Waals surface area contributed by atoms with Crippen molar-refractivity contribution >= 4 is 0 Å². The molecule has 1 atom stereocenters. The maximum absolute atomic E-state index is 12.5. The Kier molecular flexibility index (Phi) is 4.16. The van der Waals surface area contributed by atoms with Crippen LogP contribution in [0.25, 0.3) is 0 Å². The van der Waals surface area contributed by atoms with E-state index in [-0.39, 0.29) is 6.04 Å². The van der Waals surface area contributed by atoms with E-state index >= 15 is 0 Å². The first-order chi connectivity index (χ1) is 8.89. The molecule has 1 aromatic rings. The zero-order chi connectivity index (χ0) is 14.0. The van der Waals surface area contributed by atoms with Gasteiger partial charge in [-0.15, -0.1) is 0 Å². The van der Waals surface area contributed by atoms with Gasteiger partial charge in [-0.05, 0) is 37.1 Å². The van der Waals surface area contributed by atoms with Crippen molar-refractivity contribution in [2.75, 3.05) is 13.6 Å². The average molecular weight is 272 g/mol. The molecule has 1 aromatic carbocycles. The van der Waals surface area contributed by atoms with E-state index in [4.69, 9.17) is 0 Å². The molecule has 19 heavy (non-hydrogen) atoms. The molecule has 0 fully saturated rings. The van der Waals surface area contributed by atoms with Gasteiger partial charge in [-0.3, -0.25) is 4.90 Å². The Labute approximate surface area is 111 Å². The number of rotatable bonds is 3. The number of fused-ring (bicyclic) bond motifs is 1. The van der Waals surface area contributed by atoms with Crippen molar-refractivity contribution in [3.63, 3.8) is 0 Å². The Morgan fingerprint density at radius 1 is 1.32 bits per heavy atom. The summed E-state index contributed by atoms with van der Waals surface area (Å²) in [6.45, 7) is 2.20. The molecule has 0 saturated heterocycles. The summed E-state index contributed by atoms with van der Waals surface area (Å²) in [6.07, 6.45) is -3.44. The number of nitrogens with one attached hydrogen (secondary N) is 1. The maximum Gasteiger partial charge on any atom is 0.401 e. The average Bonchev–Trinajstić information content (AvgIpc) is 2.29. The Morgan fingerprint density at radius 3 is 2.68 bits per heavy atom. The van der Waals surface area contributed by atoms with Crippen LogP contribution in [0.2, 0.25) is 0 Å². The quantitative estimate of drug-likeness (QED) is 0.910. The second-order valence-electron chi connectivity index (χ2n) is 5.21. The van der Waals surface area contributed by atoms with Gasteiger partial charge in [-0.2, -0.15) is 13.2 Å². The highest BCUT2D eigenvalue weighted by atomic mass is 19.4. The normalized spacial score (nSPS) is 20.4. The lowest BCUT2D eigenvalue weighted by molar-refractivity contribution is -0.152. The number of hydrogen-bond acceptors (Lipinski definition) is 2. The molecule has 1 unspecified atom stereocenters. The second kappa shape index (κ2) is 5.51. The van der Waals surface area contributed by atoms with Gasteiger partial charge in [0.25, 0.3) is 0 Å². The largest absolute Gasteiger partial charge is 0.401 e. The van der Waals surface area contributed by atoms with E-state index in [1.54, 1.807) is 0 Å². The number of halogens is 3. The Hall–Kier alpha value is -1.07. The van der Waals surface area contributed by atoms with Crippen LogP contribution in [0.3, 0.4) is 0 Å². The first kappa shape index (κ1) is 14.3. The molecule has 0 bridgehead atoms. The lowest BCUT2D eigenvalue weighted by Crippen LogP contribution is -2.43. The van der Waals surface area contributed by atoms with Crippen LogP contribution in [-0.2, 0) is 19.5 Å². The van der Waals surface area contributed by atoms with Crippen molar-refractivity contribution in [1.82, 2.24) is 10.2 Å². The molecule has 0 aliphatic carbocycles. The molecule has 1 aliphatic rings. The van der Waals surface area contributed by atoms with E-state index in [1.807, 2.05) is 26.1 Å². The molecular formula is C14H19F3N2. The Balaban J connectivity index is 2.15. The SMILES string of the molecule is CNCc1ccc2c(c1)CC(C)N(CC(F)(F)F)C2. The summed E-state index contributed by atoms with van der Waals surface area (Å²) >= 11 is 0. The summed E-state index contributed by atoms with van der Waals surface area (Å²) in [5, 5.41) is 3.08. The zero-order valence-corrected chi connectivity index (χ0v) is 11.2. The lowest BCUT2D eigenvalue weighted by Gasteiger charge is -2.35. The van der Waals surface area contributed by atoms with Crippen LogP contribution in [0.5, 0.6) is 0 Å². The third-order valence-corrected chi connectivity index (χ3v) is 3.55. The summed E-state index contributed by atoms with van der Waals surface area (Å²) < 4.78 is 37.5. The van der Waals surface area contributed by atoms with Crippen LogP contribution in [0.15, 0.2) is 18.2 Å². The molecule has 106 valence electrons. The number of alkyl halides is 3. The van der Waals surface area contributed by atoms with Gasteiger partial charge >= 0.3 is 6.18 Å². The lowest BCUT2D eigenvalue weighted by atomic mass is 9.93. The van der Waals surface area contributed by atoms with Gasteiger partial charge in [0, 0.05) is 19.1 Å². The van der Waals surface area contributed by atoms with Gasteiger partial charge < -0.3 is 5.32 Å². The smallest absolute Gasteiger partial charge is 0.316 e. The maximum atomic E-state index is 12.5. The van der Waals surface area contributed by atoms with Crippen LogP contribution >= 0.6 is 0 Å². The fraction of sp³-hybridized carbons (Fsp3) is 0.571. The molecule has 0 amide bonds. The van der Waals surface area contributed by atoms with Crippen molar-refractivity contribution in [3.8, 4) is 0 Å². The summed E-state index contributed by atoms with van der Waals surface area (Å²) in [5.41, 5.74) is 3.37. The molecule has 5 heteroatoms. The Morgan fingerprint density at radius 2 is 2.05 bits per heavy atom. The number of benzene rings is 1. The highest BCUT2D eigenvalue weighted by Crippen LogP contribution is 2.27. The van der Waals surface area contributed by atoms with Gasteiger partial charge in [-0.25, -0.2) is 0 Å². The first-order valence-corrected chi connectivity index (χ1v) is 6.45. The number of hydrogen-bond donors (Lipinski definition) is 1. The van der Waals surface area contributed by atoms with E-state index in [0.29, 0.717) is 13.0 Å². The fourth-order valence-corrected chi connectivity index (χ4v) is 2.60. The summed E-state index contributed by atoms with van der Waals surface area (Å²) in [6, 6.07) is 5.97. The monoisotopic (exact) mass is 272 g/mol. The summed E-state index contributed by atoms with van der Waals surface area (Å²) in [5.74, 6) is 0. The van der Waals surface area contributed by atoms with E-state index in [2.05, 4.69) is 11.4 Å². The fourth-order valence-electron chi connectivity index (χ4n) is 2.60. The zero-order valence-electron chi connectivity index (χ0n) is 11.2. The van der Waals surface area contributed by atoms with E-state index in [1.165, 1.54) is 16.0 Å². The molecule has 0 radical (unpaired) electrons. The molecule has 1 aliphatic heterocycles. The molecule has 0 aromatic heterocycles. The van der Waals surface area contributed by atoms with Crippen molar-refractivity contribution in [2.45, 2.75) is 38.7 Å². The van der Waals surface area contributed by atoms with Crippen molar-refractivity contribution in [1.29, 1.82) is 0 Å². The van der Waals surface area contributed by atoms with Crippen LogP contribution in [0.1, 0.15) is 23.6 Å². The van der Waals surface area contributed by atoms with Crippen LogP contribution < -0.4 is 5.32 Å².